The van der Waals surface area contributed by atoms with Gasteiger partial charge in [0.15, 0.2) is 17.8 Å². The molecule has 1 amide bonds. The molecule has 1 fully saturated rings. The van der Waals surface area contributed by atoms with Crippen molar-refractivity contribution in [2.75, 3.05) is 20.3 Å². The van der Waals surface area contributed by atoms with Crippen molar-refractivity contribution in [3.05, 3.63) is 0 Å². The Morgan fingerprint density at radius 3 is 1.77 bits per heavy atom. The zero-order chi connectivity index (χ0) is 33.3. The molecular formula is C25H34BrNO16. The Morgan fingerprint density at radius 2 is 1.35 bits per heavy atom. The van der Waals surface area contributed by atoms with Gasteiger partial charge in [-0.05, 0) is 0 Å². The molecule has 1 N–H and O–H groups in total. The second-order valence-corrected chi connectivity index (χ2v) is 10.2. The van der Waals surface area contributed by atoms with Crippen molar-refractivity contribution >= 4 is 63.6 Å². The van der Waals surface area contributed by atoms with E-state index in [1.807, 2.05) is 0 Å². The van der Waals surface area contributed by atoms with Gasteiger partial charge in [0.25, 0.3) is 0 Å². The average Bonchev–Trinajstić information content (AvgIpc) is 2.86. The van der Waals surface area contributed by atoms with Crippen LogP contribution in [0.2, 0.25) is 0 Å². The maximum atomic E-state index is 13.4. The van der Waals surface area contributed by atoms with Gasteiger partial charge in [-0.2, -0.15) is 0 Å². The summed E-state index contributed by atoms with van der Waals surface area (Å²) < 4.78 is 42.9. The number of rotatable bonds is 12. The van der Waals surface area contributed by atoms with Gasteiger partial charge < -0.3 is 43.2 Å². The SMILES string of the molecule is COC(=O)[C@@]1(OC(C)=O)O[C@@](COC(C)=O)([C@H](OC(C)=O)[C@@H](COC(C)=O)OC(C)=O)[C@H](NC(C)=O)[C@@H](OC(C)=O)[C@H]1Br. The van der Waals surface area contributed by atoms with Crippen molar-refractivity contribution in [1.29, 1.82) is 0 Å². The molecule has 0 aromatic carbocycles. The molecule has 0 aromatic heterocycles. The number of hydrogen-bond acceptors (Lipinski definition) is 16. The van der Waals surface area contributed by atoms with E-state index < -0.39 is 101 Å². The quantitative estimate of drug-likeness (QED) is 0.154. The van der Waals surface area contributed by atoms with E-state index in [-0.39, 0.29) is 0 Å². The van der Waals surface area contributed by atoms with Crippen LogP contribution in [0.3, 0.4) is 0 Å². The molecule has 0 unspecified atom stereocenters. The normalized spacial score (nSPS) is 25.9. The molecule has 18 heteroatoms. The lowest BCUT2D eigenvalue weighted by Gasteiger charge is -2.56. The first kappa shape index (κ1) is 37.2. The van der Waals surface area contributed by atoms with E-state index in [4.69, 9.17) is 37.9 Å². The van der Waals surface area contributed by atoms with Crippen LogP contribution >= 0.6 is 15.9 Å². The molecule has 0 saturated carbocycles. The third kappa shape index (κ3) is 9.60. The fourth-order valence-electron chi connectivity index (χ4n) is 4.35. The molecule has 17 nitrogen and oxygen atoms in total. The van der Waals surface area contributed by atoms with E-state index in [1.54, 1.807) is 0 Å². The molecule has 1 aliphatic heterocycles. The predicted octanol–water partition coefficient (Wildman–Crippen LogP) is -0.623. The molecule has 1 aliphatic rings. The average molecular weight is 684 g/mol. The van der Waals surface area contributed by atoms with E-state index in [1.165, 1.54) is 0 Å². The van der Waals surface area contributed by atoms with Crippen molar-refractivity contribution in [3.8, 4) is 0 Å². The van der Waals surface area contributed by atoms with Crippen LogP contribution in [0.1, 0.15) is 48.5 Å². The molecule has 1 rings (SSSR count). The topological polar surface area (TPSA) is 222 Å². The summed E-state index contributed by atoms with van der Waals surface area (Å²) in [6.07, 6.45) is -5.61. The molecular weight excluding hydrogens is 650 g/mol. The Balaban J connectivity index is 4.38. The summed E-state index contributed by atoms with van der Waals surface area (Å²) in [5.74, 6) is -11.1. The van der Waals surface area contributed by atoms with Crippen LogP contribution < -0.4 is 5.32 Å². The minimum atomic E-state index is -2.91. The van der Waals surface area contributed by atoms with Crippen molar-refractivity contribution < 1.29 is 76.3 Å². The summed E-state index contributed by atoms with van der Waals surface area (Å²) in [4.78, 5) is 97.4. The summed E-state index contributed by atoms with van der Waals surface area (Å²) in [6, 6.07) is -1.74. The third-order valence-corrected chi connectivity index (χ3v) is 6.78. The number of amides is 1. The molecule has 242 valence electrons. The lowest BCUT2D eigenvalue weighted by Crippen LogP contribution is -2.81. The highest BCUT2D eigenvalue weighted by atomic mass is 79.9. The van der Waals surface area contributed by atoms with Crippen LogP contribution in [0, 0.1) is 0 Å². The number of nitrogens with one attached hydrogen (secondary N) is 1. The second kappa shape index (κ2) is 15.6. The molecule has 0 aliphatic carbocycles. The summed E-state index contributed by atoms with van der Waals surface area (Å²) in [5.41, 5.74) is -2.63. The molecule has 0 aromatic rings. The van der Waals surface area contributed by atoms with Gasteiger partial charge in [0.2, 0.25) is 5.91 Å². The standard InChI is InChI=1S/C25H34BrNO16/c1-11(28)27-21-19(40-15(5)32)20(26)25(23(35)36-8,42-17(7)34)43-24(21,10-38-13(3)30)22(41-16(6)33)18(39-14(4)31)9-37-12(2)29/h18-22H,9-10H2,1-8H3,(H,27,28)/t18-,19+,20-,21-,22-,24-,25+/m1/s1. The van der Waals surface area contributed by atoms with Crippen LogP contribution in [0.25, 0.3) is 0 Å². The van der Waals surface area contributed by atoms with Gasteiger partial charge >= 0.3 is 47.6 Å². The van der Waals surface area contributed by atoms with Crippen molar-refractivity contribution in [1.82, 2.24) is 5.32 Å². The lowest BCUT2D eigenvalue weighted by molar-refractivity contribution is -0.341. The first-order valence-electron chi connectivity index (χ1n) is 12.5. The second-order valence-electron chi connectivity index (χ2n) is 9.22. The van der Waals surface area contributed by atoms with Gasteiger partial charge in [-0.15, -0.1) is 0 Å². The maximum Gasteiger partial charge on any atom is 0.381 e. The number of ether oxygens (including phenoxy) is 8. The minimum absolute atomic E-state index is 0.804. The number of carbonyl (C=O) groups is 8. The Labute approximate surface area is 254 Å². The van der Waals surface area contributed by atoms with Gasteiger partial charge in [-0.25, -0.2) is 4.79 Å². The lowest BCUT2D eigenvalue weighted by atomic mass is 9.77. The molecule has 0 radical (unpaired) electrons. The number of methoxy groups -OCH3 is 1. The highest BCUT2D eigenvalue weighted by Gasteiger charge is 2.72. The number of carbonyl (C=O) groups excluding carboxylic acids is 8. The van der Waals surface area contributed by atoms with E-state index in [2.05, 4.69) is 21.2 Å². The van der Waals surface area contributed by atoms with Crippen molar-refractivity contribution in [2.24, 2.45) is 0 Å². The molecule has 0 bridgehead atoms. The Kier molecular flexibility index (Phi) is 13.5. The molecule has 1 saturated heterocycles. The summed E-state index contributed by atoms with van der Waals surface area (Å²) >= 11 is 3.16. The van der Waals surface area contributed by atoms with Crippen LogP contribution in [0.4, 0.5) is 0 Å². The minimum Gasteiger partial charge on any atom is -0.464 e. The number of alkyl halides is 1. The summed E-state index contributed by atoms with van der Waals surface area (Å²) in [5, 5.41) is 2.46. The monoisotopic (exact) mass is 683 g/mol. The molecule has 7 atom stereocenters. The van der Waals surface area contributed by atoms with Gasteiger partial charge in [-0.1, -0.05) is 15.9 Å². The van der Waals surface area contributed by atoms with Gasteiger partial charge in [0.1, 0.15) is 30.2 Å². The fourth-order valence-corrected chi connectivity index (χ4v) is 5.14. The van der Waals surface area contributed by atoms with Gasteiger partial charge in [0.05, 0.1) is 7.11 Å². The van der Waals surface area contributed by atoms with Crippen LogP contribution in [0.5, 0.6) is 0 Å². The molecule has 1 heterocycles. The molecule has 43 heavy (non-hydrogen) atoms. The fraction of sp³-hybridized carbons (Fsp3) is 0.680. The highest BCUT2D eigenvalue weighted by molar-refractivity contribution is 9.09. The number of esters is 7. The maximum absolute atomic E-state index is 13.4. The summed E-state index contributed by atoms with van der Waals surface area (Å²) in [6.45, 7) is 4.96. The number of halogens is 1. The Bertz CT molecular complexity index is 1130. The zero-order valence-corrected chi connectivity index (χ0v) is 26.3. The third-order valence-electron chi connectivity index (χ3n) is 5.66. The van der Waals surface area contributed by atoms with Crippen molar-refractivity contribution in [3.63, 3.8) is 0 Å². The number of hydrogen-bond donors (Lipinski definition) is 1. The largest absolute Gasteiger partial charge is 0.464 e. The van der Waals surface area contributed by atoms with E-state index in [0.717, 1.165) is 55.6 Å². The van der Waals surface area contributed by atoms with E-state index in [9.17, 15) is 38.4 Å². The van der Waals surface area contributed by atoms with E-state index >= 15 is 0 Å². The Hall–Kier alpha value is -3.80. The molecule has 0 spiro atoms. The van der Waals surface area contributed by atoms with Crippen LogP contribution in [-0.2, 0) is 76.3 Å². The zero-order valence-electron chi connectivity index (χ0n) is 24.7. The van der Waals surface area contributed by atoms with Crippen LogP contribution in [0.15, 0.2) is 0 Å². The van der Waals surface area contributed by atoms with Gasteiger partial charge in [-0.3, -0.25) is 33.6 Å². The van der Waals surface area contributed by atoms with Crippen molar-refractivity contribution in [2.45, 2.75) is 89.0 Å². The van der Waals surface area contributed by atoms with E-state index in [0.29, 0.717) is 0 Å². The van der Waals surface area contributed by atoms with Crippen LogP contribution in [-0.4, -0.2) is 109 Å². The predicted molar refractivity (Wildman–Crippen MR) is 141 cm³/mol. The smallest absolute Gasteiger partial charge is 0.381 e. The first-order valence-corrected chi connectivity index (χ1v) is 13.4. The Morgan fingerprint density at radius 1 is 0.791 bits per heavy atom. The highest BCUT2D eigenvalue weighted by Crippen LogP contribution is 2.46. The van der Waals surface area contributed by atoms with Gasteiger partial charge in [0, 0.05) is 48.5 Å². The summed E-state index contributed by atoms with van der Waals surface area (Å²) in [7, 11) is 0.900. The first-order chi connectivity index (χ1) is 19.8.